The summed E-state index contributed by atoms with van der Waals surface area (Å²) in [4.78, 5) is 21.2. The van der Waals surface area contributed by atoms with E-state index in [2.05, 4.69) is 21.2 Å². The molecule has 0 unspecified atom stereocenters. The van der Waals surface area contributed by atoms with Gasteiger partial charge in [-0.25, -0.2) is 4.98 Å². The first-order valence-corrected chi connectivity index (χ1v) is 11.6. The maximum absolute atomic E-state index is 13.1. The zero-order valence-electron chi connectivity index (χ0n) is 19.0. The molecule has 5 rings (SSSR count). The number of carbonyl (C=O) groups is 1. The summed E-state index contributed by atoms with van der Waals surface area (Å²) in [6.45, 7) is 2.53. The molecule has 0 saturated heterocycles. The van der Waals surface area contributed by atoms with Gasteiger partial charge in [-0.3, -0.25) is 15.6 Å². The number of amides is 1. The minimum atomic E-state index is -0.398. The molecule has 0 radical (unpaired) electrons. The fourth-order valence-electron chi connectivity index (χ4n) is 3.91. The second-order valence-corrected chi connectivity index (χ2v) is 8.21. The Kier molecular flexibility index (Phi) is 6.28. The molecule has 174 valence electrons. The first-order chi connectivity index (χ1) is 17.1. The van der Waals surface area contributed by atoms with Gasteiger partial charge in [-0.1, -0.05) is 48.5 Å². The average molecular weight is 482 g/mol. The van der Waals surface area contributed by atoms with E-state index in [0.29, 0.717) is 12.3 Å². The summed E-state index contributed by atoms with van der Waals surface area (Å²) in [6.07, 6.45) is 0. The molecule has 35 heavy (non-hydrogen) atoms. The number of ether oxygens (including phenoxy) is 1. The molecular formula is C27H23N5O2S. The van der Waals surface area contributed by atoms with Crippen molar-refractivity contribution in [2.24, 2.45) is 0 Å². The summed E-state index contributed by atoms with van der Waals surface area (Å²) in [5.74, 6) is 0.378. The minimum Gasteiger partial charge on any atom is -0.494 e. The van der Waals surface area contributed by atoms with E-state index >= 15 is 0 Å². The maximum atomic E-state index is 13.1. The SMILES string of the molecule is CCOc1ccc(NC(=S)NNC(=O)c2cc3c([nH]c4ccccc43)c(-c3ccccc3)n2)cc1. The molecule has 5 aromatic rings. The molecule has 2 aromatic heterocycles. The number of benzene rings is 3. The molecule has 2 heterocycles. The van der Waals surface area contributed by atoms with Gasteiger partial charge in [-0.05, 0) is 55.5 Å². The standard InChI is InChI=1S/C27H23N5O2S/c1-2-34-19-14-12-18(13-15-19)28-27(35)32-31-26(33)23-16-21-20-10-6-7-11-22(20)29-25(21)24(30-23)17-8-4-3-5-9-17/h3-16,29H,2H2,1H3,(H,31,33)(H2,28,32,35). The highest BCUT2D eigenvalue weighted by Crippen LogP contribution is 2.32. The number of aromatic amines is 1. The minimum absolute atomic E-state index is 0.249. The predicted molar refractivity (Wildman–Crippen MR) is 143 cm³/mol. The Morgan fingerprint density at radius 3 is 2.46 bits per heavy atom. The highest BCUT2D eigenvalue weighted by Gasteiger charge is 2.17. The quantitative estimate of drug-likeness (QED) is 0.198. The number of hydrazine groups is 1. The summed E-state index contributed by atoms with van der Waals surface area (Å²) < 4.78 is 5.44. The first-order valence-electron chi connectivity index (χ1n) is 11.2. The fourth-order valence-corrected chi connectivity index (χ4v) is 4.08. The Balaban J connectivity index is 1.38. The van der Waals surface area contributed by atoms with Crippen LogP contribution in [0.25, 0.3) is 33.1 Å². The van der Waals surface area contributed by atoms with E-state index in [4.69, 9.17) is 21.9 Å². The zero-order chi connectivity index (χ0) is 24.2. The molecule has 0 fully saturated rings. The fraction of sp³-hybridized carbons (Fsp3) is 0.0741. The maximum Gasteiger partial charge on any atom is 0.288 e. The second-order valence-electron chi connectivity index (χ2n) is 7.81. The van der Waals surface area contributed by atoms with Crippen LogP contribution in [0, 0.1) is 0 Å². The van der Waals surface area contributed by atoms with Gasteiger partial charge in [-0.2, -0.15) is 0 Å². The number of nitrogens with zero attached hydrogens (tertiary/aromatic N) is 1. The predicted octanol–water partition coefficient (Wildman–Crippen LogP) is 5.41. The lowest BCUT2D eigenvalue weighted by Crippen LogP contribution is -2.44. The normalized spacial score (nSPS) is 10.8. The molecule has 0 aliphatic carbocycles. The van der Waals surface area contributed by atoms with Crippen LogP contribution < -0.4 is 20.9 Å². The Hall–Kier alpha value is -4.43. The van der Waals surface area contributed by atoms with Crippen LogP contribution in [0.5, 0.6) is 5.75 Å². The smallest absolute Gasteiger partial charge is 0.288 e. The lowest BCUT2D eigenvalue weighted by molar-refractivity contribution is 0.0939. The number of thiocarbonyl (C=S) groups is 1. The zero-order valence-corrected chi connectivity index (χ0v) is 19.8. The molecule has 0 aliphatic heterocycles. The molecule has 0 spiro atoms. The lowest BCUT2D eigenvalue weighted by atomic mass is 10.1. The van der Waals surface area contributed by atoms with Crippen LogP contribution in [0.2, 0.25) is 0 Å². The molecule has 8 heteroatoms. The highest BCUT2D eigenvalue weighted by molar-refractivity contribution is 7.80. The number of anilines is 1. The van der Waals surface area contributed by atoms with Crippen molar-refractivity contribution in [2.45, 2.75) is 6.92 Å². The number of pyridine rings is 1. The molecule has 4 N–H and O–H groups in total. The molecule has 0 bridgehead atoms. The highest BCUT2D eigenvalue weighted by atomic mass is 32.1. The third kappa shape index (κ3) is 4.78. The van der Waals surface area contributed by atoms with E-state index in [0.717, 1.165) is 38.8 Å². The van der Waals surface area contributed by atoms with Gasteiger partial charge in [0.05, 0.1) is 17.8 Å². The Morgan fingerprint density at radius 1 is 0.943 bits per heavy atom. The van der Waals surface area contributed by atoms with Gasteiger partial charge in [0, 0.05) is 27.5 Å². The van der Waals surface area contributed by atoms with Crippen molar-refractivity contribution < 1.29 is 9.53 Å². The largest absolute Gasteiger partial charge is 0.494 e. The van der Waals surface area contributed by atoms with Crippen LogP contribution in [-0.4, -0.2) is 27.6 Å². The van der Waals surface area contributed by atoms with Gasteiger partial charge in [-0.15, -0.1) is 0 Å². The van der Waals surface area contributed by atoms with Crippen molar-refractivity contribution in [2.75, 3.05) is 11.9 Å². The molecule has 0 aliphatic rings. The molecule has 7 nitrogen and oxygen atoms in total. The lowest BCUT2D eigenvalue weighted by Gasteiger charge is -2.13. The number of rotatable bonds is 5. The summed E-state index contributed by atoms with van der Waals surface area (Å²) >= 11 is 5.32. The Morgan fingerprint density at radius 2 is 1.69 bits per heavy atom. The van der Waals surface area contributed by atoms with Crippen LogP contribution in [-0.2, 0) is 0 Å². The van der Waals surface area contributed by atoms with Gasteiger partial charge in [0.15, 0.2) is 5.11 Å². The Labute approximate surface area is 207 Å². The summed E-state index contributed by atoms with van der Waals surface area (Å²) in [5.41, 5.74) is 9.93. The third-order valence-corrected chi connectivity index (χ3v) is 5.69. The molecule has 0 atom stereocenters. The van der Waals surface area contributed by atoms with E-state index in [1.165, 1.54) is 0 Å². The van der Waals surface area contributed by atoms with Crippen molar-refractivity contribution in [3.8, 4) is 17.0 Å². The van der Waals surface area contributed by atoms with Gasteiger partial charge < -0.3 is 15.0 Å². The van der Waals surface area contributed by atoms with Crippen molar-refractivity contribution in [3.05, 3.63) is 90.6 Å². The van der Waals surface area contributed by atoms with Crippen LogP contribution in [0.3, 0.4) is 0 Å². The molecule has 1 amide bonds. The van der Waals surface area contributed by atoms with Crippen LogP contribution >= 0.6 is 12.2 Å². The van der Waals surface area contributed by atoms with Crippen LogP contribution in [0.4, 0.5) is 5.69 Å². The van der Waals surface area contributed by atoms with E-state index in [-0.39, 0.29) is 10.8 Å². The summed E-state index contributed by atoms with van der Waals surface area (Å²) in [5, 5.41) is 5.23. The van der Waals surface area contributed by atoms with Crippen molar-refractivity contribution in [1.29, 1.82) is 0 Å². The number of aromatic nitrogens is 2. The number of fused-ring (bicyclic) bond motifs is 3. The Bertz CT molecular complexity index is 1510. The van der Waals surface area contributed by atoms with Crippen LogP contribution in [0.1, 0.15) is 17.4 Å². The summed E-state index contributed by atoms with van der Waals surface area (Å²) in [6, 6.07) is 27.0. The number of para-hydroxylation sites is 1. The number of carbonyl (C=O) groups excluding carboxylic acids is 1. The summed E-state index contributed by atoms with van der Waals surface area (Å²) in [7, 11) is 0. The monoisotopic (exact) mass is 481 g/mol. The van der Waals surface area contributed by atoms with Gasteiger partial charge in [0.1, 0.15) is 11.4 Å². The number of H-pyrrole nitrogens is 1. The topological polar surface area (TPSA) is 91.1 Å². The first kappa shape index (κ1) is 22.4. The van der Waals surface area contributed by atoms with Crippen LogP contribution in [0.15, 0.2) is 84.9 Å². The van der Waals surface area contributed by atoms with Gasteiger partial charge in [0.25, 0.3) is 5.91 Å². The van der Waals surface area contributed by atoms with Crippen molar-refractivity contribution >= 4 is 50.7 Å². The molecule has 0 saturated carbocycles. The third-order valence-electron chi connectivity index (χ3n) is 5.49. The number of hydrogen-bond donors (Lipinski definition) is 4. The number of hydrogen-bond acceptors (Lipinski definition) is 4. The van der Waals surface area contributed by atoms with Gasteiger partial charge in [0.2, 0.25) is 0 Å². The van der Waals surface area contributed by atoms with Crippen molar-refractivity contribution in [1.82, 2.24) is 20.8 Å². The van der Waals surface area contributed by atoms with E-state index in [9.17, 15) is 4.79 Å². The van der Waals surface area contributed by atoms with E-state index in [1.54, 1.807) is 6.07 Å². The van der Waals surface area contributed by atoms with Gasteiger partial charge >= 0.3 is 0 Å². The second kappa shape index (κ2) is 9.82. The number of nitrogens with one attached hydrogen (secondary N) is 4. The van der Waals surface area contributed by atoms with Crippen molar-refractivity contribution in [3.63, 3.8) is 0 Å². The van der Waals surface area contributed by atoms with E-state index in [1.807, 2.05) is 85.8 Å². The molecule has 3 aromatic carbocycles. The average Bonchev–Trinajstić information content (AvgIpc) is 3.27. The molecular weight excluding hydrogens is 458 g/mol. The van der Waals surface area contributed by atoms with E-state index < -0.39 is 5.91 Å².